The van der Waals surface area contributed by atoms with Crippen molar-refractivity contribution in [1.82, 2.24) is 15.1 Å². The van der Waals surface area contributed by atoms with Crippen molar-refractivity contribution in [2.24, 2.45) is 9.98 Å². The number of anilines is 1. The maximum atomic E-state index is 13.6. The third-order valence-corrected chi connectivity index (χ3v) is 8.75. The SMILES string of the molecule is O=C(CSC1=Nc2ccccc2C2=NC(CCC(=O)N3CCN(c4ccccc4)CC3)C(=O)N12)NCC1CCCO1. The van der Waals surface area contributed by atoms with Crippen molar-refractivity contribution >= 4 is 51.9 Å². The largest absolute Gasteiger partial charge is 0.376 e. The van der Waals surface area contributed by atoms with Crippen LogP contribution in [0.15, 0.2) is 64.6 Å². The van der Waals surface area contributed by atoms with Gasteiger partial charge in [-0.1, -0.05) is 42.1 Å². The maximum Gasteiger partial charge on any atom is 0.259 e. The normalized spacial score (nSPS) is 21.8. The van der Waals surface area contributed by atoms with Gasteiger partial charge in [0.1, 0.15) is 11.9 Å². The van der Waals surface area contributed by atoms with Gasteiger partial charge in [-0.2, -0.15) is 0 Å². The van der Waals surface area contributed by atoms with Gasteiger partial charge in [0.25, 0.3) is 5.91 Å². The van der Waals surface area contributed by atoms with Crippen molar-refractivity contribution in [3.8, 4) is 0 Å². The number of benzene rings is 2. The molecule has 10 nitrogen and oxygen atoms in total. The lowest BCUT2D eigenvalue weighted by Gasteiger charge is -2.36. The Labute approximate surface area is 243 Å². The van der Waals surface area contributed by atoms with E-state index in [1.165, 1.54) is 22.3 Å². The van der Waals surface area contributed by atoms with Gasteiger partial charge in [0.05, 0.1) is 17.5 Å². The summed E-state index contributed by atoms with van der Waals surface area (Å²) in [6, 6.07) is 17.1. The van der Waals surface area contributed by atoms with E-state index in [4.69, 9.17) is 14.7 Å². The molecule has 2 atom stereocenters. The number of hydrogen-bond donors (Lipinski definition) is 1. The number of rotatable bonds is 8. The molecule has 3 amide bonds. The predicted octanol–water partition coefficient (Wildman–Crippen LogP) is 2.80. The van der Waals surface area contributed by atoms with E-state index in [1.54, 1.807) is 0 Å². The predicted molar refractivity (Wildman–Crippen MR) is 160 cm³/mol. The van der Waals surface area contributed by atoms with Crippen molar-refractivity contribution < 1.29 is 19.1 Å². The quantitative estimate of drug-likeness (QED) is 0.520. The summed E-state index contributed by atoms with van der Waals surface area (Å²) >= 11 is 1.22. The molecule has 0 spiro atoms. The van der Waals surface area contributed by atoms with Crippen LogP contribution in [0.3, 0.4) is 0 Å². The highest BCUT2D eigenvalue weighted by Crippen LogP contribution is 2.34. The summed E-state index contributed by atoms with van der Waals surface area (Å²) in [4.78, 5) is 54.3. The van der Waals surface area contributed by atoms with Gasteiger partial charge in [0.2, 0.25) is 11.8 Å². The van der Waals surface area contributed by atoms with Gasteiger partial charge in [-0.05, 0) is 43.5 Å². The third-order valence-electron chi connectivity index (χ3n) is 7.82. The molecule has 2 saturated heterocycles. The monoisotopic (exact) mass is 574 g/mol. The molecular formula is C30H34N6O4S. The number of carbonyl (C=O) groups excluding carboxylic acids is 3. The first-order chi connectivity index (χ1) is 20.1. The number of para-hydroxylation sites is 2. The number of aliphatic imine (C=N–C) groups is 2. The molecule has 2 aromatic carbocycles. The van der Waals surface area contributed by atoms with E-state index in [0.29, 0.717) is 42.7 Å². The van der Waals surface area contributed by atoms with Crippen LogP contribution in [0.25, 0.3) is 0 Å². The van der Waals surface area contributed by atoms with Gasteiger partial charge in [-0.3, -0.25) is 19.4 Å². The molecule has 2 fully saturated rings. The molecule has 4 heterocycles. The molecular weight excluding hydrogens is 540 g/mol. The molecule has 4 aliphatic heterocycles. The smallest absolute Gasteiger partial charge is 0.259 e. The second-order valence-corrected chi connectivity index (χ2v) is 11.5. The highest BCUT2D eigenvalue weighted by atomic mass is 32.2. The van der Waals surface area contributed by atoms with Gasteiger partial charge in [0, 0.05) is 57.0 Å². The number of thioether (sulfide) groups is 1. The van der Waals surface area contributed by atoms with Crippen molar-refractivity contribution in [2.45, 2.75) is 37.8 Å². The second kappa shape index (κ2) is 12.4. The van der Waals surface area contributed by atoms with E-state index in [-0.39, 0.29) is 36.0 Å². The average molecular weight is 575 g/mol. The Hall–Kier alpha value is -3.70. The highest BCUT2D eigenvalue weighted by Gasteiger charge is 2.41. The summed E-state index contributed by atoms with van der Waals surface area (Å²) in [6.45, 7) is 4.10. The molecule has 6 rings (SSSR count). The van der Waals surface area contributed by atoms with Crippen molar-refractivity contribution in [3.05, 3.63) is 60.2 Å². The van der Waals surface area contributed by atoms with Crippen LogP contribution in [0, 0.1) is 0 Å². The Morgan fingerprint density at radius 1 is 1.02 bits per heavy atom. The Morgan fingerprint density at radius 3 is 2.59 bits per heavy atom. The lowest BCUT2D eigenvalue weighted by Crippen LogP contribution is -2.49. The lowest BCUT2D eigenvalue weighted by molar-refractivity contribution is -0.132. The van der Waals surface area contributed by atoms with Crippen LogP contribution in [0.4, 0.5) is 11.4 Å². The first kappa shape index (κ1) is 27.5. The number of ether oxygens (including phenoxy) is 1. The third kappa shape index (κ3) is 6.15. The number of hydrogen-bond acceptors (Lipinski definition) is 8. The Morgan fingerprint density at radius 2 is 1.80 bits per heavy atom. The van der Waals surface area contributed by atoms with Crippen molar-refractivity contribution in [3.63, 3.8) is 0 Å². The second-order valence-electron chi connectivity index (χ2n) is 10.5. The molecule has 0 aliphatic carbocycles. The topological polar surface area (TPSA) is 107 Å². The number of fused-ring (bicyclic) bond motifs is 3. The van der Waals surface area contributed by atoms with Crippen LogP contribution >= 0.6 is 11.8 Å². The zero-order chi connectivity index (χ0) is 28.2. The first-order valence-corrected chi connectivity index (χ1v) is 15.2. The highest BCUT2D eigenvalue weighted by molar-refractivity contribution is 8.14. The van der Waals surface area contributed by atoms with Gasteiger partial charge in [0.15, 0.2) is 5.17 Å². The summed E-state index contributed by atoms with van der Waals surface area (Å²) in [5.74, 6) is 0.371. The van der Waals surface area contributed by atoms with Crippen LogP contribution in [-0.2, 0) is 19.1 Å². The summed E-state index contributed by atoms with van der Waals surface area (Å²) < 4.78 is 5.58. The van der Waals surface area contributed by atoms with E-state index in [9.17, 15) is 14.4 Å². The molecule has 2 unspecified atom stereocenters. The molecule has 0 radical (unpaired) electrons. The fourth-order valence-electron chi connectivity index (χ4n) is 5.57. The number of amides is 3. The Balaban J connectivity index is 1.06. The lowest BCUT2D eigenvalue weighted by atomic mass is 10.1. The summed E-state index contributed by atoms with van der Waals surface area (Å²) in [6.07, 6.45) is 2.62. The number of piperazine rings is 1. The van der Waals surface area contributed by atoms with E-state index >= 15 is 0 Å². The number of carbonyl (C=O) groups is 3. The number of nitrogens with zero attached hydrogens (tertiary/aromatic N) is 5. The minimum Gasteiger partial charge on any atom is -0.376 e. The average Bonchev–Trinajstić information content (AvgIpc) is 3.66. The first-order valence-electron chi connectivity index (χ1n) is 14.3. The van der Waals surface area contributed by atoms with E-state index < -0.39 is 6.04 Å². The molecule has 0 aromatic heterocycles. The molecule has 2 aromatic rings. The van der Waals surface area contributed by atoms with Gasteiger partial charge < -0.3 is 19.9 Å². The summed E-state index contributed by atoms with van der Waals surface area (Å²) in [5.41, 5.74) is 2.66. The Kier molecular flexibility index (Phi) is 8.33. The van der Waals surface area contributed by atoms with E-state index in [0.717, 1.165) is 38.1 Å². The molecule has 0 bridgehead atoms. The fourth-order valence-corrected chi connectivity index (χ4v) is 6.40. The molecule has 41 heavy (non-hydrogen) atoms. The molecule has 214 valence electrons. The van der Waals surface area contributed by atoms with Crippen LogP contribution in [-0.4, -0.2) is 95.8 Å². The summed E-state index contributed by atoms with van der Waals surface area (Å²) in [7, 11) is 0. The maximum absolute atomic E-state index is 13.6. The summed E-state index contributed by atoms with van der Waals surface area (Å²) in [5, 5.41) is 3.36. The van der Waals surface area contributed by atoms with Crippen molar-refractivity contribution in [2.75, 3.05) is 50.0 Å². The zero-order valence-electron chi connectivity index (χ0n) is 22.9. The fraction of sp³-hybridized carbons (Fsp3) is 0.433. The van der Waals surface area contributed by atoms with Crippen LogP contribution in [0.2, 0.25) is 0 Å². The number of amidine groups is 2. The van der Waals surface area contributed by atoms with E-state index in [2.05, 4.69) is 22.3 Å². The zero-order valence-corrected chi connectivity index (χ0v) is 23.7. The van der Waals surface area contributed by atoms with Crippen LogP contribution < -0.4 is 10.2 Å². The molecule has 4 aliphatic rings. The molecule has 1 N–H and O–H groups in total. The van der Waals surface area contributed by atoms with Gasteiger partial charge in [-0.15, -0.1) is 0 Å². The van der Waals surface area contributed by atoms with Crippen LogP contribution in [0.1, 0.15) is 31.2 Å². The molecule has 11 heteroatoms. The molecule has 0 saturated carbocycles. The van der Waals surface area contributed by atoms with Crippen LogP contribution in [0.5, 0.6) is 0 Å². The Bertz CT molecular complexity index is 1350. The van der Waals surface area contributed by atoms with Gasteiger partial charge >= 0.3 is 0 Å². The number of nitrogens with one attached hydrogen (secondary N) is 1. The van der Waals surface area contributed by atoms with Gasteiger partial charge in [-0.25, -0.2) is 9.89 Å². The minimum absolute atomic E-state index is 0.0437. The minimum atomic E-state index is -0.662. The van der Waals surface area contributed by atoms with Crippen molar-refractivity contribution in [1.29, 1.82) is 0 Å². The standard InChI is InChI=1S/C30H34N6O4S/c37-26(31-19-22-9-6-18-40-22)20-41-30-33-24-11-5-4-10-23(24)28-32-25(29(39)36(28)30)12-13-27(38)35-16-14-34(15-17-35)21-7-2-1-3-8-21/h1-5,7-8,10-11,22,25H,6,9,12-20H2,(H,31,37). The van der Waals surface area contributed by atoms with E-state index in [1.807, 2.05) is 47.4 Å².